The summed E-state index contributed by atoms with van der Waals surface area (Å²) in [6, 6.07) is 32.3. The summed E-state index contributed by atoms with van der Waals surface area (Å²) in [5.41, 5.74) is 6.55. The molecule has 0 aliphatic carbocycles. The van der Waals surface area contributed by atoms with Crippen molar-refractivity contribution >= 4 is 50.0 Å². The minimum absolute atomic E-state index is 0.122. The molecule has 0 spiro atoms. The summed E-state index contributed by atoms with van der Waals surface area (Å²) >= 11 is 0. The van der Waals surface area contributed by atoms with Crippen LogP contribution < -0.4 is 0 Å². The summed E-state index contributed by atoms with van der Waals surface area (Å²) < 4.78 is 0. The van der Waals surface area contributed by atoms with E-state index in [-0.39, 0.29) is 17.7 Å². The molecule has 1 unspecified atom stereocenters. The fourth-order valence-electron chi connectivity index (χ4n) is 8.83. The number of unbranched alkanes of at least 4 members (excludes halogenated alkanes) is 8. The van der Waals surface area contributed by atoms with Gasteiger partial charge in [-0.15, -0.1) is 0 Å². The van der Waals surface area contributed by atoms with Crippen LogP contribution in [0.5, 0.6) is 0 Å². The molecule has 54 heavy (non-hydrogen) atoms. The second-order valence-electron chi connectivity index (χ2n) is 15.0. The Morgan fingerprint density at radius 2 is 0.889 bits per heavy atom. The van der Waals surface area contributed by atoms with E-state index in [1.54, 1.807) is 4.90 Å². The molecule has 1 atom stereocenters. The molecule has 3 amide bonds. The molecular weight excluding hydrogens is 669 g/mol. The quantitative estimate of drug-likeness (QED) is 0.0899. The standard InChI is InChI=1S/C48H48N2O4/c1-3-5-7-9-13-29-49-45(51)39-21-15-19-37-35(25-27-41(43(37)39)47(49)53)33-23-24-34(32-18-12-11-17-31(32)33)36-26-28-42-44-38(36)20-16-22-40(44)46(52)50(48(42)54)30-14-10-8-6-4-2/h11-12,15-28,47,53H,3-10,13-14,29-30H2,1-2H3. The molecule has 8 rings (SSSR count). The van der Waals surface area contributed by atoms with Gasteiger partial charge in [-0.2, -0.15) is 0 Å². The Balaban J connectivity index is 1.18. The minimum atomic E-state index is -0.987. The summed E-state index contributed by atoms with van der Waals surface area (Å²) in [5.74, 6) is -0.552. The highest BCUT2D eigenvalue weighted by Crippen LogP contribution is 2.45. The zero-order valence-corrected chi connectivity index (χ0v) is 31.4. The van der Waals surface area contributed by atoms with Gasteiger partial charge in [-0.05, 0) is 74.8 Å². The fraction of sp³-hybridized carbons (Fsp3) is 0.312. The zero-order chi connectivity index (χ0) is 37.3. The van der Waals surface area contributed by atoms with Crippen LogP contribution >= 0.6 is 0 Å². The highest BCUT2D eigenvalue weighted by Gasteiger charge is 2.35. The van der Waals surface area contributed by atoms with Gasteiger partial charge in [0.1, 0.15) is 0 Å². The number of aliphatic hydroxyl groups is 1. The minimum Gasteiger partial charge on any atom is -0.369 e. The van der Waals surface area contributed by atoms with Crippen molar-refractivity contribution in [2.75, 3.05) is 13.1 Å². The van der Waals surface area contributed by atoms with Crippen molar-refractivity contribution in [3.63, 3.8) is 0 Å². The second-order valence-corrected chi connectivity index (χ2v) is 15.0. The zero-order valence-electron chi connectivity index (χ0n) is 31.4. The van der Waals surface area contributed by atoms with Gasteiger partial charge in [0, 0.05) is 46.1 Å². The third-order valence-electron chi connectivity index (χ3n) is 11.6. The van der Waals surface area contributed by atoms with Gasteiger partial charge < -0.3 is 10.0 Å². The van der Waals surface area contributed by atoms with Crippen molar-refractivity contribution in [1.82, 2.24) is 9.80 Å². The van der Waals surface area contributed by atoms with E-state index >= 15 is 0 Å². The summed E-state index contributed by atoms with van der Waals surface area (Å²) in [5, 5.41) is 17.0. The maximum atomic E-state index is 13.8. The van der Waals surface area contributed by atoms with E-state index < -0.39 is 6.23 Å². The first kappa shape index (κ1) is 35.7. The number of nitrogens with zero attached hydrogens (tertiary/aromatic N) is 2. The van der Waals surface area contributed by atoms with Gasteiger partial charge in [-0.1, -0.05) is 144 Å². The van der Waals surface area contributed by atoms with Crippen molar-refractivity contribution in [3.8, 4) is 22.3 Å². The lowest BCUT2D eigenvalue weighted by molar-refractivity contribution is 0.00417. The highest BCUT2D eigenvalue weighted by molar-refractivity contribution is 6.27. The molecule has 274 valence electrons. The molecule has 2 aliphatic heterocycles. The van der Waals surface area contributed by atoms with Gasteiger partial charge in [0.15, 0.2) is 6.23 Å². The average molecular weight is 717 g/mol. The number of fused-ring (bicyclic) bond motifs is 1. The largest absolute Gasteiger partial charge is 0.369 e. The van der Waals surface area contributed by atoms with Crippen molar-refractivity contribution in [1.29, 1.82) is 0 Å². The molecule has 0 saturated heterocycles. The molecular formula is C48H48N2O4. The van der Waals surface area contributed by atoms with Crippen LogP contribution in [0, 0.1) is 0 Å². The van der Waals surface area contributed by atoms with Crippen LogP contribution in [0.3, 0.4) is 0 Å². The Morgan fingerprint density at radius 3 is 1.48 bits per heavy atom. The summed E-state index contributed by atoms with van der Waals surface area (Å²) in [7, 11) is 0. The Bertz CT molecular complexity index is 2410. The lowest BCUT2D eigenvalue weighted by Gasteiger charge is -2.34. The number of imide groups is 1. The lowest BCUT2D eigenvalue weighted by atomic mass is 9.84. The number of amides is 3. The molecule has 6 aromatic rings. The maximum absolute atomic E-state index is 13.8. The molecule has 0 bridgehead atoms. The van der Waals surface area contributed by atoms with Crippen LogP contribution in [0.25, 0.3) is 54.6 Å². The van der Waals surface area contributed by atoms with Crippen molar-refractivity contribution in [2.24, 2.45) is 0 Å². The predicted molar refractivity (Wildman–Crippen MR) is 219 cm³/mol. The topological polar surface area (TPSA) is 77.9 Å². The predicted octanol–water partition coefficient (Wildman–Crippen LogP) is 11.5. The smallest absolute Gasteiger partial charge is 0.261 e. The molecule has 6 nitrogen and oxygen atoms in total. The summed E-state index contributed by atoms with van der Waals surface area (Å²) in [6.07, 6.45) is 9.63. The van der Waals surface area contributed by atoms with E-state index in [0.717, 1.165) is 118 Å². The summed E-state index contributed by atoms with van der Waals surface area (Å²) in [6.45, 7) is 5.34. The molecule has 0 saturated carbocycles. The van der Waals surface area contributed by atoms with Crippen LogP contribution in [0.1, 0.15) is 121 Å². The van der Waals surface area contributed by atoms with Crippen molar-refractivity contribution in [3.05, 3.63) is 119 Å². The van der Waals surface area contributed by atoms with E-state index in [4.69, 9.17) is 0 Å². The molecule has 6 heteroatoms. The Morgan fingerprint density at radius 1 is 0.444 bits per heavy atom. The van der Waals surface area contributed by atoms with Gasteiger partial charge in [0.25, 0.3) is 17.7 Å². The van der Waals surface area contributed by atoms with Gasteiger partial charge in [-0.3, -0.25) is 19.3 Å². The number of carbonyl (C=O) groups is 3. The highest BCUT2D eigenvalue weighted by atomic mass is 16.3. The van der Waals surface area contributed by atoms with E-state index in [2.05, 4.69) is 50.2 Å². The molecule has 2 aliphatic rings. The SMILES string of the molecule is CCCCCCCN1C(=O)c2cccc3c(-c4ccc(-c5ccc6c7c(cccc57)C(=O)N(CCCCCCC)C6O)c5ccccc45)ccc(c23)C1=O. The molecule has 6 aromatic carbocycles. The molecule has 2 heterocycles. The summed E-state index contributed by atoms with van der Waals surface area (Å²) in [4.78, 5) is 44.5. The number of hydrogen-bond donors (Lipinski definition) is 1. The van der Waals surface area contributed by atoms with Gasteiger partial charge in [-0.25, -0.2) is 0 Å². The monoisotopic (exact) mass is 716 g/mol. The number of hydrogen-bond acceptors (Lipinski definition) is 4. The second kappa shape index (κ2) is 15.2. The Labute approximate surface area is 317 Å². The van der Waals surface area contributed by atoms with E-state index in [0.29, 0.717) is 29.8 Å². The van der Waals surface area contributed by atoms with Gasteiger partial charge in [0.2, 0.25) is 0 Å². The first-order chi connectivity index (χ1) is 26.4. The normalized spacial score (nSPS) is 15.3. The van der Waals surface area contributed by atoms with E-state index in [1.807, 2.05) is 60.7 Å². The molecule has 0 fully saturated rings. The molecule has 0 radical (unpaired) electrons. The Hall–Kier alpha value is -5.33. The number of carbonyl (C=O) groups excluding carboxylic acids is 3. The van der Waals surface area contributed by atoms with Gasteiger partial charge in [0.05, 0.1) is 0 Å². The van der Waals surface area contributed by atoms with Crippen LogP contribution in [0.2, 0.25) is 0 Å². The average Bonchev–Trinajstić information content (AvgIpc) is 3.20. The van der Waals surface area contributed by atoms with E-state index in [9.17, 15) is 19.5 Å². The third-order valence-corrected chi connectivity index (χ3v) is 11.6. The van der Waals surface area contributed by atoms with Crippen LogP contribution in [0.4, 0.5) is 0 Å². The number of rotatable bonds is 14. The van der Waals surface area contributed by atoms with Crippen molar-refractivity contribution in [2.45, 2.75) is 84.3 Å². The van der Waals surface area contributed by atoms with Crippen LogP contribution in [-0.4, -0.2) is 45.7 Å². The molecule has 0 aromatic heterocycles. The lowest BCUT2D eigenvalue weighted by Crippen LogP contribution is -2.40. The maximum Gasteiger partial charge on any atom is 0.261 e. The first-order valence-electron chi connectivity index (χ1n) is 19.9. The molecule has 1 N–H and O–H groups in total. The van der Waals surface area contributed by atoms with Crippen molar-refractivity contribution < 1.29 is 19.5 Å². The van der Waals surface area contributed by atoms with E-state index in [1.165, 1.54) is 11.3 Å². The third kappa shape index (κ3) is 6.07. The first-order valence-corrected chi connectivity index (χ1v) is 19.9. The fourth-order valence-corrected chi connectivity index (χ4v) is 8.83. The number of aliphatic hydroxyl groups excluding tert-OH is 1. The van der Waals surface area contributed by atoms with Gasteiger partial charge >= 0.3 is 0 Å². The number of benzene rings is 6. The van der Waals surface area contributed by atoms with Crippen LogP contribution in [0.15, 0.2) is 97.1 Å². The van der Waals surface area contributed by atoms with Crippen LogP contribution in [-0.2, 0) is 0 Å². The Kier molecular flexibility index (Phi) is 10.0.